The second-order valence-corrected chi connectivity index (χ2v) is 4.18. The largest absolute Gasteiger partial charge is 0.465 e. The molecule has 1 unspecified atom stereocenters. The summed E-state index contributed by atoms with van der Waals surface area (Å²) < 4.78 is 18.4. The van der Waals surface area contributed by atoms with Crippen molar-refractivity contribution in [3.63, 3.8) is 0 Å². The number of nitrogens with one attached hydrogen (secondary N) is 1. The van der Waals surface area contributed by atoms with E-state index < -0.39 is 11.8 Å². The molecule has 6 heteroatoms. The van der Waals surface area contributed by atoms with Gasteiger partial charge in [-0.1, -0.05) is 0 Å². The van der Waals surface area contributed by atoms with Crippen LogP contribution in [0.15, 0.2) is 36.8 Å². The SMILES string of the molecule is COC(=O)c1ccc(F)c(NC(C)c2cnccn2)c1. The summed E-state index contributed by atoms with van der Waals surface area (Å²) in [5, 5.41) is 2.96. The van der Waals surface area contributed by atoms with Gasteiger partial charge in [0, 0.05) is 12.4 Å². The van der Waals surface area contributed by atoms with Crippen LogP contribution in [0.25, 0.3) is 0 Å². The first-order valence-electron chi connectivity index (χ1n) is 6.02. The van der Waals surface area contributed by atoms with E-state index in [9.17, 15) is 9.18 Å². The molecule has 0 bridgehead atoms. The zero-order valence-electron chi connectivity index (χ0n) is 11.1. The molecule has 0 aliphatic heterocycles. The molecule has 104 valence electrons. The molecule has 1 heterocycles. The highest BCUT2D eigenvalue weighted by atomic mass is 19.1. The molecule has 0 amide bonds. The Morgan fingerprint density at radius 1 is 1.40 bits per heavy atom. The number of benzene rings is 1. The highest BCUT2D eigenvalue weighted by Crippen LogP contribution is 2.22. The van der Waals surface area contributed by atoms with Crippen molar-refractivity contribution in [2.75, 3.05) is 12.4 Å². The highest BCUT2D eigenvalue weighted by molar-refractivity contribution is 5.90. The summed E-state index contributed by atoms with van der Waals surface area (Å²) in [5.41, 5.74) is 1.17. The molecule has 2 aromatic rings. The van der Waals surface area contributed by atoms with Crippen LogP contribution in [0.1, 0.15) is 29.0 Å². The van der Waals surface area contributed by atoms with Crippen molar-refractivity contribution in [1.82, 2.24) is 9.97 Å². The number of nitrogens with zero attached hydrogens (tertiary/aromatic N) is 2. The van der Waals surface area contributed by atoms with Gasteiger partial charge in [-0.3, -0.25) is 9.97 Å². The average molecular weight is 275 g/mol. The van der Waals surface area contributed by atoms with Crippen LogP contribution in [0.4, 0.5) is 10.1 Å². The number of hydrogen-bond acceptors (Lipinski definition) is 5. The number of esters is 1. The Morgan fingerprint density at radius 3 is 2.85 bits per heavy atom. The molecule has 1 aromatic heterocycles. The predicted octanol–water partition coefficient (Wildman–Crippen LogP) is 2.58. The first kappa shape index (κ1) is 13.9. The van der Waals surface area contributed by atoms with Gasteiger partial charge in [0.05, 0.1) is 36.3 Å². The molecule has 1 N–H and O–H groups in total. The predicted molar refractivity (Wildman–Crippen MR) is 71.8 cm³/mol. The Kier molecular flexibility index (Phi) is 4.24. The lowest BCUT2D eigenvalue weighted by Gasteiger charge is -2.15. The minimum Gasteiger partial charge on any atom is -0.465 e. The van der Waals surface area contributed by atoms with Gasteiger partial charge in [0.2, 0.25) is 0 Å². The fourth-order valence-electron chi connectivity index (χ4n) is 1.72. The number of carbonyl (C=O) groups is 1. The molecule has 0 saturated heterocycles. The van der Waals surface area contributed by atoms with Gasteiger partial charge in [0.1, 0.15) is 5.82 Å². The lowest BCUT2D eigenvalue weighted by Crippen LogP contribution is -2.11. The summed E-state index contributed by atoms with van der Waals surface area (Å²) in [6.45, 7) is 1.83. The van der Waals surface area contributed by atoms with E-state index in [1.165, 1.54) is 25.3 Å². The number of hydrogen-bond donors (Lipinski definition) is 1. The Hall–Kier alpha value is -2.50. The summed E-state index contributed by atoms with van der Waals surface area (Å²) in [4.78, 5) is 19.5. The summed E-state index contributed by atoms with van der Waals surface area (Å²) in [6, 6.07) is 3.76. The zero-order valence-corrected chi connectivity index (χ0v) is 11.1. The van der Waals surface area contributed by atoms with Crippen LogP contribution < -0.4 is 5.32 Å². The number of carbonyl (C=O) groups excluding carboxylic acids is 1. The first-order chi connectivity index (χ1) is 9.61. The maximum absolute atomic E-state index is 13.8. The van der Waals surface area contributed by atoms with E-state index >= 15 is 0 Å². The lowest BCUT2D eigenvalue weighted by molar-refractivity contribution is 0.0600. The van der Waals surface area contributed by atoms with Gasteiger partial charge < -0.3 is 10.1 Å². The maximum Gasteiger partial charge on any atom is 0.337 e. The normalized spacial score (nSPS) is 11.8. The van der Waals surface area contributed by atoms with E-state index in [1.807, 2.05) is 6.92 Å². The zero-order chi connectivity index (χ0) is 14.5. The van der Waals surface area contributed by atoms with E-state index in [2.05, 4.69) is 20.0 Å². The van der Waals surface area contributed by atoms with Crippen molar-refractivity contribution in [1.29, 1.82) is 0 Å². The van der Waals surface area contributed by atoms with Gasteiger partial charge in [0.25, 0.3) is 0 Å². The molecule has 1 aromatic carbocycles. The van der Waals surface area contributed by atoms with Crippen LogP contribution in [0, 0.1) is 5.82 Å². The molecule has 0 saturated carbocycles. The second-order valence-electron chi connectivity index (χ2n) is 4.18. The highest BCUT2D eigenvalue weighted by Gasteiger charge is 2.13. The van der Waals surface area contributed by atoms with Crippen LogP contribution in [-0.2, 0) is 4.74 Å². The van der Waals surface area contributed by atoms with Crippen LogP contribution in [0.2, 0.25) is 0 Å². The molecule has 0 fully saturated rings. The third kappa shape index (κ3) is 3.09. The fraction of sp³-hybridized carbons (Fsp3) is 0.214. The van der Waals surface area contributed by atoms with Crippen molar-refractivity contribution in [2.24, 2.45) is 0 Å². The monoisotopic (exact) mass is 275 g/mol. The molecule has 0 aliphatic carbocycles. The van der Waals surface area contributed by atoms with Gasteiger partial charge in [-0.2, -0.15) is 0 Å². The first-order valence-corrected chi connectivity index (χ1v) is 6.02. The van der Waals surface area contributed by atoms with E-state index in [-0.39, 0.29) is 17.3 Å². The molecule has 20 heavy (non-hydrogen) atoms. The van der Waals surface area contributed by atoms with Gasteiger partial charge in [-0.25, -0.2) is 9.18 Å². The van der Waals surface area contributed by atoms with Crippen molar-refractivity contribution < 1.29 is 13.9 Å². The van der Waals surface area contributed by atoms with Gasteiger partial charge in [-0.05, 0) is 25.1 Å². The van der Waals surface area contributed by atoms with Gasteiger partial charge in [0.15, 0.2) is 0 Å². The Morgan fingerprint density at radius 2 is 2.20 bits per heavy atom. The minimum atomic E-state index is -0.514. The topological polar surface area (TPSA) is 64.1 Å². The molecule has 1 atom stereocenters. The average Bonchev–Trinajstić information content (AvgIpc) is 2.49. The summed E-state index contributed by atoms with van der Waals surface area (Å²) in [5.74, 6) is -0.964. The second kappa shape index (κ2) is 6.10. The van der Waals surface area contributed by atoms with E-state index in [4.69, 9.17) is 0 Å². The quantitative estimate of drug-likeness (QED) is 0.869. The Labute approximate surface area is 115 Å². The molecular formula is C14H14FN3O2. The minimum absolute atomic E-state index is 0.214. The van der Waals surface area contributed by atoms with Crippen LogP contribution in [-0.4, -0.2) is 23.0 Å². The van der Waals surface area contributed by atoms with Gasteiger partial charge in [-0.15, -0.1) is 0 Å². The molecule has 0 radical (unpaired) electrons. The van der Waals surface area contributed by atoms with Crippen LogP contribution >= 0.6 is 0 Å². The third-order valence-corrected chi connectivity index (χ3v) is 2.79. The Bertz CT molecular complexity index is 605. The number of rotatable bonds is 4. The summed E-state index contributed by atoms with van der Waals surface area (Å²) >= 11 is 0. The van der Waals surface area contributed by atoms with Crippen LogP contribution in [0.5, 0.6) is 0 Å². The van der Waals surface area contributed by atoms with Gasteiger partial charge >= 0.3 is 5.97 Å². The molecule has 2 rings (SSSR count). The molecule has 5 nitrogen and oxygen atoms in total. The number of ether oxygens (including phenoxy) is 1. The van der Waals surface area contributed by atoms with Crippen molar-refractivity contribution in [3.05, 3.63) is 53.9 Å². The van der Waals surface area contributed by atoms with E-state index in [1.54, 1.807) is 18.6 Å². The van der Waals surface area contributed by atoms with Crippen molar-refractivity contribution in [2.45, 2.75) is 13.0 Å². The summed E-state index contributed by atoms with van der Waals surface area (Å²) in [7, 11) is 1.28. The van der Waals surface area contributed by atoms with E-state index in [0.29, 0.717) is 5.69 Å². The molecule has 0 aliphatic rings. The van der Waals surface area contributed by atoms with Crippen LogP contribution in [0.3, 0.4) is 0 Å². The van der Waals surface area contributed by atoms with Crippen molar-refractivity contribution >= 4 is 11.7 Å². The van der Waals surface area contributed by atoms with E-state index in [0.717, 1.165) is 0 Å². The van der Waals surface area contributed by atoms with Crippen molar-refractivity contribution in [3.8, 4) is 0 Å². The number of aromatic nitrogens is 2. The number of methoxy groups -OCH3 is 1. The smallest absolute Gasteiger partial charge is 0.337 e. The third-order valence-electron chi connectivity index (χ3n) is 2.79. The lowest BCUT2D eigenvalue weighted by atomic mass is 10.1. The fourth-order valence-corrected chi connectivity index (χ4v) is 1.72. The molecule has 0 spiro atoms. The summed E-state index contributed by atoms with van der Waals surface area (Å²) in [6.07, 6.45) is 4.73. The standard InChI is InChI=1S/C14H14FN3O2/c1-9(13-8-16-5-6-17-13)18-12-7-10(14(19)20-2)3-4-11(12)15/h3-9,18H,1-2H3. The number of anilines is 1. The molecular weight excluding hydrogens is 261 g/mol. The maximum atomic E-state index is 13.8. The Balaban J connectivity index is 2.22. The number of halogens is 1.